The molecule has 2 atom stereocenters. The van der Waals surface area contributed by atoms with Gasteiger partial charge in [-0.1, -0.05) is 0 Å². The number of rotatable bonds is 6. The van der Waals surface area contributed by atoms with Crippen molar-refractivity contribution < 1.29 is 19.0 Å². The Labute approximate surface area is 72.8 Å². The van der Waals surface area contributed by atoms with E-state index < -0.39 is 6.10 Å². The van der Waals surface area contributed by atoms with E-state index in [1.807, 2.05) is 0 Å². The minimum Gasteiger partial charge on any atom is -0.382 e. The van der Waals surface area contributed by atoms with Crippen molar-refractivity contribution in [1.82, 2.24) is 0 Å². The summed E-state index contributed by atoms with van der Waals surface area (Å²) < 4.78 is 14.9. The number of carbonyl (C=O) groups is 1. The molecular formula is C8H16O4. The molecule has 0 aromatic carbocycles. The molecule has 0 saturated carbocycles. The molecule has 0 heterocycles. The van der Waals surface area contributed by atoms with Gasteiger partial charge < -0.3 is 14.2 Å². The van der Waals surface area contributed by atoms with E-state index in [0.717, 1.165) is 0 Å². The number of ether oxygens (including phenoxy) is 3. The summed E-state index contributed by atoms with van der Waals surface area (Å²) >= 11 is 0. The number of hydrogen-bond donors (Lipinski definition) is 0. The summed E-state index contributed by atoms with van der Waals surface area (Å²) in [6.07, 6.45) is -0.854. The second-order valence-corrected chi connectivity index (χ2v) is 2.50. The predicted octanol–water partition coefficient (Wildman–Crippen LogP) is 0.252. The van der Waals surface area contributed by atoms with Crippen molar-refractivity contribution in [2.75, 3.05) is 27.9 Å². The molecule has 0 rings (SSSR count). The fourth-order valence-electron chi connectivity index (χ4n) is 1.02. The Morgan fingerprint density at radius 3 is 2.08 bits per heavy atom. The quantitative estimate of drug-likeness (QED) is 0.582. The Hall–Kier alpha value is -0.450. The lowest BCUT2D eigenvalue weighted by Crippen LogP contribution is -2.38. The van der Waals surface area contributed by atoms with Crippen molar-refractivity contribution in [3.05, 3.63) is 0 Å². The molecule has 0 radical (unpaired) electrons. The van der Waals surface area contributed by atoms with E-state index in [4.69, 9.17) is 14.2 Å². The highest BCUT2D eigenvalue weighted by Crippen LogP contribution is 2.04. The van der Waals surface area contributed by atoms with E-state index >= 15 is 0 Å². The van der Waals surface area contributed by atoms with Crippen LogP contribution in [0.2, 0.25) is 0 Å². The average molecular weight is 176 g/mol. The normalized spacial score (nSPS) is 15.7. The van der Waals surface area contributed by atoms with Crippen LogP contribution in [0, 0.1) is 0 Å². The summed E-state index contributed by atoms with van der Waals surface area (Å²) in [6.45, 7) is 1.82. The molecule has 0 fully saturated rings. The third-order valence-corrected chi connectivity index (χ3v) is 1.63. The second kappa shape index (κ2) is 6.11. The standard InChI is InChI=1S/C8H16O4/c1-6(9)8(12-4)7(11-3)5-10-2/h7-8H,5H2,1-4H3. The van der Waals surface area contributed by atoms with Gasteiger partial charge in [-0.2, -0.15) is 0 Å². The summed E-state index contributed by atoms with van der Waals surface area (Å²) in [5, 5.41) is 0. The molecule has 0 aromatic heterocycles. The maximum atomic E-state index is 11.0. The molecule has 0 bridgehead atoms. The lowest BCUT2D eigenvalue weighted by Gasteiger charge is -2.21. The van der Waals surface area contributed by atoms with Gasteiger partial charge in [0.1, 0.15) is 12.2 Å². The number of carbonyl (C=O) groups excluding carboxylic acids is 1. The third-order valence-electron chi connectivity index (χ3n) is 1.63. The van der Waals surface area contributed by atoms with Crippen molar-refractivity contribution in [1.29, 1.82) is 0 Å². The van der Waals surface area contributed by atoms with Crippen molar-refractivity contribution in [2.45, 2.75) is 19.1 Å². The van der Waals surface area contributed by atoms with E-state index in [1.54, 1.807) is 7.11 Å². The molecule has 0 spiro atoms. The molecule has 0 aliphatic carbocycles. The Kier molecular flexibility index (Phi) is 5.88. The van der Waals surface area contributed by atoms with Gasteiger partial charge in [-0.3, -0.25) is 4.79 Å². The first kappa shape index (κ1) is 11.6. The minimum atomic E-state index is -0.532. The van der Waals surface area contributed by atoms with Crippen molar-refractivity contribution >= 4 is 5.78 Å². The smallest absolute Gasteiger partial charge is 0.161 e. The SMILES string of the molecule is COCC(OC)C(OC)C(C)=O. The number of ketones is 1. The van der Waals surface area contributed by atoms with E-state index in [2.05, 4.69) is 0 Å². The van der Waals surface area contributed by atoms with Gasteiger partial charge in [-0.05, 0) is 6.92 Å². The largest absolute Gasteiger partial charge is 0.382 e. The molecular weight excluding hydrogens is 160 g/mol. The Bertz CT molecular complexity index is 135. The van der Waals surface area contributed by atoms with Crippen molar-refractivity contribution in [2.24, 2.45) is 0 Å². The highest BCUT2D eigenvalue weighted by atomic mass is 16.6. The van der Waals surface area contributed by atoms with Gasteiger partial charge in [-0.15, -0.1) is 0 Å². The van der Waals surface area contributed by atoms with Crippen LogP contribution < -0.4 is 0 Å². The van der Waals surface area contributed by atoms with Crippen LogP contribution in [-0.4, -0.2) is 45.9 Å². The summed E-state index contributed by atoms with van der Waals surface area (Å²) in [7, 11) is 4.56. The molecule has 12 heavy (non-hydrogen) atoms. The van der Waals surface area contributed by atoms with Crippen LogP contribution in [0.4, 0.5) is 0 Å². The topological polar surface area (TPSA) is 44.8 Å². The zero-order chi connectivity index (χ0) is 9.56. The van der Waals surface area contributed by atoms with Gasteiger partial charge in [0, 0.05) is 21.3 Å². The fourth-order valence-corrected chi connectivity index (χ4v) is 1.02. The molecule has 2 unspecified atom stereocenters. The molecule has 0 amide bonds. The lowest BCUT2D eigenvalue weighted by molar-refractivity contribution is -0.138. The van der Waals surface area contributed by atoms with E-state index in [1.165, 1.54) is 21.1 Å². The van der Waals surface area contributed by atoms with Crippen LogP contribution in [0.3, 0.4) is 0 Å². The minimum absolute atomic E-state index is 0.0543. The van der Waals surface area contributed by atoms with Crippen LogP contribution in [0.25, 0.3) is 0 Å². The van der Waals surface area contributed by atoms with Crippen LogP contribution in [0.15, 0.2) is 0 Å². The Morgan fingerprint density at radius 1 is 1.25 bits per heavy atom. The number of methoxy groups -OCH3 is 3. The van der Waals surface area contributed by atoms with Gasteiger partial charge in [0.25, 0.3) is 0 Å². The Balaban J connectivity index is 4.12. The summed E-state index contributed by atoms with van der Waals surface area (Å²) in [4.78, 5) is 11.0. The summed E-state index contributed by atoms with van der Waals surface area (Å²) in [6, 6.07) is 0. The Morgan fingerprint density at radius 2 is 1.83 bits per heavy atom. The van der Waals surface area contributed by atoms with Gasteiger partial charge in [0.2, 0.25) is 0 Å². The van der Waals surface area contributed by atoms with Gasteiger partial charge in [0.05, 0.1) is 6.61 Å². The monoisotopic (exact) mass is 176 g/mol. The molecule has 72 valence electrons. The highest BCUT2D eigenvalue weighted by molar-refractivity contribution is 5.81. The summed E-state index contributed by atoms with van der Waals surface area (Å²) in [5.74, 6) is -0.0543. The zero-order valence-corrected chi connectivity index (χ0v) is 7.99. The van der Waals surface area contributed by atoms with Crippen LogP contribution >= 0.6 is 0 Å². The molecule has 0 saturated heterocycles. The van der Waals surface area contributed by atoms with E-state index in [0.29, 0.717) is 6.61 Å². The fraction of sp³-hybridized carbons (Fsp3) is 0.875. The molecule has 0 aromatic rings. The summed E-state index contributed by atoms with van der Waals surface area (Å²) in [5.41, 5.74) is 0. The molecule has 4 heteroatoms. The predicted molar refractivity (Wildman–Crippen MR) is 44.2 cm³/mol. The van der Waals surface area contributed by atoms with Crippen molar-refractivity contribution in [3.8, 4) is 0 Å². The van der Waals surface area contributed by atoms with Crippen LogP contribution in [-0.2, 0) is 19.0 Å². The maximum absolute atomic E-state index is 11.0. The highest BCUT2D eigenvalue weighted by Gasteiger charge is 2.24. The molecule has 0 N–H and O–H groups in total. The number of hydrogen-bond acceptors (Lipinski definition) is 4. The molecule has 0 aliphatic rings. The van der Waals surface area contributed by atoms with Crippen LogP contribution in [0.1, 0.15) is 6.92 Å². The second-order valence-electron chi connectivity index (χ2n) is 2.50. The first-order chi connectivity index (χ1) is 5.67. The number of Topliss-reactive ketones (excluding diaryl/α,β-unsaturated/α-hetero) is 1. The molecule has 0 aliphatic heterocycles. The first-order valence-corrected chi connectivity index (χ1v) is 3.72. The first-order valence-electron chi connectivity index (χ1n) is 3.72. The maximum Gasteiger partial charge on any atom is 0.161 e. The molecule has 4 nitrogen and oxygen atoms in total. The zero-order valence-electron chi connectivity index (χ0n) is 7.99. The van der Waals surface area contributed by atoms with Gasteiger partial charge in [0.15, 0.2) is 5.78 Å². The van der Waals surface area contributed by atoms with Gasteiger partial charge in [-0.25, -0.2) is 0 Å². The lowest BCUT2D eigenvalue weighted by atomic mass is 10.1. The van der Waals surface area contributed by atoms with E-state index in [-0.39, 0.29) is 11.9 Å². The average Bonchev–Trinajstić information content (AvgIpc) is 2.03. The van der Waals surface area contributed by atoms with Crippen LogP contribution in [0.5, 0.6) is 0 Å². The van der Waals surface area contributed by atoms with E-state index in [9.17, 15) is 4.79 Å². The van der Waals surface area contributed by atoms with Gasteiger partial charge >= 0.3 is 0 Å². The third kappa shape index (κ3) is 3.30. The van der Waals surface area contributed by atoms with Crippen molar-refractivity contribution in [3.63, 3.8) is 0 Å².